The third kappa shape index (κ3) is 5.76. The first kappa shape index (κ1) is 16.9. The number of nitrogens with one attached hydrogen (secondary N) is 2. The molecule has 2 unspecified atom stereocenters. The van der Waals surface area contributed by atoms with Gasteiger partial charge in [0.05, 0.1) is 16.8 Å². The zero-order chi connectivity index (χ0) is 14.5. The van der Waals surface area contributed by atoms with E-state index in [2.05, 4.69) is 10.0 Å². The Hall–Kier alpha value is -0.180. The van der Waals surface area contributed by atoms with Gasteiger partial charge in [0.15, 0.2) is 9.84 Å². The zero-order valence-corrected chi connectivity index (χ0v) is 13.2. The van der Waals surface area contributed by atoms with Crippen LogP contribution in [0.2, 0.25) is 0 Å². The summed E-state index contributed by atoms with van der Waals surface area (Å²) in [5.74, 6) is 0.181. The molecular formula is C11H24N2O4S2. The lowest BCUT2D eigenvalue weighted by Gasteiger charge is -2.16. The Balaban J connectivity index is 2.38. The molecule has 1 saturated heterocycles. The second kappa shape index (κ2) is 7.01. The molecule has 1 aliphatic heterocycles. The second-order valence-corrected chi connectivity index (χ2v) is 9.59. The lowest BCUT2D eigenvalue weighted by molar-refractivity contribution is 0.529. The van der Waals surface area contributed by atoms with E-state index in [9.17, 15) is 16.8 Å². The van der Waals surface area contributed by atoms with Crippen molar-refractivity contribution in [1.29, 1.82) is 0 Å². The van der Waals surface area contributed by atoms with Gasteiger partial charge in [0, 0.05) is 13.1 Å². The number of hydrogen-bond acceptors (Lipinski definition) is 5. The Kier molecular flexibility index (Phi) is 6.22. The van der Waals surface area contributed by atoms with E-state index in [0.29, 0.717) is 13.0 Å². The molecule has 2 N–H and O–H groups in total. The summed E-state index contributed by atoms with van der Waals surface area (Å²) in [6.45, 7) is 5.09. The Bertz CT molecular complexity index is 473. The Morgan fingerprint density at radius 2 is 2.05 bits per heavy atom. The maximum Gasteiger partial charge on any atom is 0.215 e. The Morgan fingerprint density at radius 3 is 2.58 bits per heavy atom. The third-order valence-electron chi connectivity index (χ3n) is 3.29. The van der Waals surface area contributed by atoms with Crippen LogP contribution in [0.4, 0.5) is 0 Å². The SMILES string of the molecule is CCCNCC(C)S(=O)(=O)NCC1CCS(=O)(=O)C1. The quantitative estimate of drug-likeness (QED) is 0.602. The highest BCUT2D eigenvalue weighted by molar-refractivity contribution is 7.91. The minimum Gasteiger partial charge on any atom is -0.315 e. The molecule has 1 heterocycles. The first-order valence-corrected chi connectivity index (χ1v) is 10.0. The van der Waals surface area contributed by atoms with Crippen molar-refractivity contribution >= 4 is 19.9 Å². The van der Waals surface area contributed by atoms with Crippen LogP contribution in [-0.2, 0) is 19.9 Å². The van der Waals surface area contributed by atoms with Gasteiger partial charge in [-0.05, 0) is 32.2 Å². The zero-order valence-electron chi connectivity index (χ0n) is 11.6. The van der Waals surface area contributed by atoms with Crippen molar-refractivity contribution in [2.75, 3.05) is 31.1 Å². The molecule has 2 atom stereocenters. The molecule has 0 radical (unpaired) electrons. The van der Waals surface area contributed by atoms with E-state index < -0.39 is 25.1 Å². The predicted octanol–water partition coefficient (Wildman–Crippen LogP) is -0.271. The second-order valence-electron chi connectivity index (χ2n) is 5.18. The molecule has 0 aliphatic carbocycles. The fourth-order valence-corrected chi connectivity index (χ4v) is 4.95. The smallest absolute Gasteiger partial charge is 0.215 e. The highest BCUT2D eigenvalue weighted by Gasteiger charge is 2.29. The molecule has 1 fully saturated rings. The van der Waals surface area contributed by atoms with E-state index in [4.69, 9.17) is 0 Å². The van der Waals surface area contributed by atoms with E-state index in [1.165, 1.54) is 0 Å². The van der Waals surface area contributed by atoms with Gasteiger partial charge in [-0.3, -0.25) is 0 Å². The minimum atomic E-state index is -3.37. The van der Waals surface area contributed by atoms with Crippen LogP contribution in [0.3, 0.4) is 0 Å². The molecule has 0 aromatic rings. The predicted molar refractivity (Wildman–Crippen MR) is 76.3 cm³/mol. The van der Waals surface area contributed by atoms with E-state index in [1.54, 1.807) is 6.92 Å². The fraction of sp³-hybridized carbons (Fsp3) is 1.00. The van der Waals surface area contributed by atoms with Crippen molar-refractivity contribution in [3.63, 3.8) is 0 Å². The summed E-state index contributed by atoms with van der Waals surface area (Å²) in [7, 11) is -6.32. The first-order valence-electron chi connectivity index (χ1n) is 6.66. The monoisotopic (exact) mass is 312 g/mol. The molecule has 0 bridgehead atoms. The largest absolute Gasteiger partial charge is 0.315 e. The van der Waals surface area contributed by atoms with Crippen LogP contribution in [0.5, 0.6) is 0 Å². The summed E-state index contributed by atoms with van der Waals surface area (Å²) in [4.78, 5) is 0. The lowest BCUT2D eigenvalue weighted by atomic mass is 10.1. The highest BCUT2D eigenvalue weighted by atomic mass is 32.2. The van der Waals surface area contributed by atoms with Gasteiger partial charge in [0.25, 0.3) is 0 Å². The maximum absolute atomic E-state index is 11.9. The number of sulfonamides is 1. The van der Waals surface area contributed by atoms with Gasteiger partial charge < -0.3 is 5.32 Å². The first-order chi connectivity index (χ1) is 8.77. The summed E-state index contributed by atoms with van der Waals surface area (Å²) < 4.78 is 49.0. The van der Waals surface area contributed by atoms with Crippen molar-refractivity contribution in [1.82, 2.24) is 10.0 Å². The van der Waals surface area contributed by atoms with E-state index in [-0.39, 0.29) is 24.0 Å². The molecule has 0 aromatic carbocycles. The van der Waals surface area contributed by atoms with Crippen molar-refractivity contribution < 1.29 is 16.8 Å². The standard InChI is InChI=1S/C11H24N2O4S2/c1-3-5-12-7-10(2)19(16,17)13-8-11-4-6-18(14,15)9-11/h10-13H,3-9H2,1-2H3. The van der Waals surface area contributed by atoms with Crippen molar-refractivity contribution in [3.05, 3.63) is 0 Å². The number of rotatable bonds is 8. The average Bonchev–Trinajstić information content (AvgIpc) is 2.67. The van der Waals surface area contributed by atoms with Crippen LogP contribution in [0.25, 0.3) is 0 Å². The van der Waals surface area contributed by atoms with Crippen LogP contribution in [-0.4, -0.2) is 53.2 Å². The normalized spacial score (nSPS) is 24.4. The van der Waals surface area contributed by atoms with Crippen LogP contribution < -0.4 is 10.0 Å². The molecule has 0 amide bonds. The molecule has 0 spiro atoms. The highest BCUT2D eigenvalue weighted by Crippen LogP contribution is 2.17. The molecule has 1 aliphatic rings. The van der Waals surface area contributed by atoms with E-state index in [0.717, 1.165) is 13.0 Å². The third-order valence-corrected chi connectivity index (χ3v) is 6.92. The van der Waals surface area contributed by atoms with Gasteiger partial charge in [-0.2, -0.15) is 0 Å². The summed E-state index contributed by atoms with van der Waals surface area (Å²) in [5, 5.41) is 2.55. The van der Waals surface area contributed by atoms with Gasteiger partial charge in [0.1, 0.15) is 0 Å². The van der Waals surface area contributed by atoms with Gasteiger partial charge >= 0.3 is 0 Å². The van der Waals surface area contributed by atoms with Gasteiger partial charge in [-0.1, -0.05) is 6.92 Å². The molecule has 19 heavy (non-hydrogen) atoms. The van der Waals surface area contributed by atoms with Crippen LogP contribution in [0, 0.1) is 5.92 Å². The van der Waals surface area contributed by atoms with Crippen LogP contribution in [0.15, 0.2) is 0 Å². The minimum absolute atomic E-state index is 0.0874. The Labute approximate surface area is 116 Å². The molecule has 114 valence electrons. The van der Waals surface area contributed by atoms with Crippen LogP contribution in [0.1, 0.15) is 26.7 Å². The molecule has 0 saturated carbocycles. The molecule has 1 rings (SSSR count). The van der Waals surface area contributed by atoms with Crippen molar-refractivity contribution in [2.45, 2.75) is 31.9 Å². The summed E-state index contributed by atoms with van der Waals surface area (Å²) in [6.07, 6.45) is 1.51. The Morgan fingerprint density at radius 1 is 1.37 bits per heavy atom. The maximum atomic E-state index is 11.9. The van der Waals surface area contributed by atoms with Crippen molar-refractivity contribution in [3.8, 4) is 0 Å². The number of sulfone groups is 1. The summed E-state index contributed by atoms with van der Waals surface area (Å²) in [5.41, 5.74) is 0. The van der Waals surface area contributed by atoms with Gasteiger partial charge in [-0.25, -0.2) is 21.6 Å². The number of hydrogen-bond donors (Lipinski definition) is 2. The van der Waals surface area contributed by atoms with Gasteiger partial charge in [0.2, 0.25) is 10.0 Å². The van der Waals surface area contributed by atoms with Gasteiger partial charge in [-0.15, -0.1) is 0 Å². The van der Waals surface area contributed by atoms with E-state index in [1.807, 2.05) is 6.92 Å². The van der Waals surface area contributed by atoms with Crippen molar-refractivity contribution in [2.24, 2.45) is 5.92 Å². The molecule has 8 heteroatoms. The van der Waals surface area contributed by atoms with Crippen LogP contribution >= 0.6 is 0 Å². The molecular weight excluding hydrogens is 288 g/mol. The lowest BCUT2D eigenvalue weighted by Crippen LogP contribution is -2.41. The molecule has 6 nitrogen and oxygen atoms in total. The van der Waals surface area contributed by atoms with E-state index >= 15 is 0 Å². The average molecular weight is 312 g/mol. The molecule has 0 aromatic heterocycles. The fourth-order valence-electron chi connectivity index (χ4n) is 2.00. The summed E-state index contributed by atoms with van der Waals surface area (Å²) in [6, 6.07) is 0. The topological polar surface area (TPSA) is 92.3 Å². The summed E-state index contributed by atoms with van der Waals surface area (Å²) >= 11 is 0.